The van der Waals surface area contributed by atoms with Gasteiger partial charge in [-0.15, -0.1) is 0 Å². The maximum Gasteiger partial charge on any atom is 0.335 e. The minimum Gasteiger partial charge on any atom is -0.493 e. The second kappa shape index (κ2) is 5.71. The Morgan fingerprint density at radius 3 is 2.67 bits per heavy atom. The van der Waals surface area contributed by atoms with E-state index >= 15 is 0 Å². The number of rotatable bonds is 5. The van der Waals surface area contributed by atoms with Gasteiger partial charge in [-0.1, -0.05) is 18.2 Å². The number of carboxylic acids is 1. The molecule has 0 aliphatic rings. The van der Waals surface area contributed by atoms with Crippen molar-refractivity contribution in [2.24, 2.45) is 0 Å². The highest BCUT2D eigenvalue weighted by molar-refractivity contribution is 5.87. The van der Waals surface area contributed by atoms with E-state index in [-0.39, 0.29) is 5.56 Å². The predicted molar refractivity (Wildman–Crippen MR) is 78.8 cm³/mol. The number of benzene rings is 2. The molecule has 0 radical (unpaired) electrons. The molecule has 1 aromatic heterocycles. The first-order chi connectivity index (χ1) is 10.2. The summed E-state index contributed by atoms with van der Waals surface area (Å²) < 4.78 is 11.1. The van der Waals surface area contributed by atoms with Crippen LogP contribution in [0.1, 0.15) is 15.9 Å². The Labute approximate surface area is 121 Å². The van der Waals surface area contributed by atoms with Gasteiger partial charge in [0.05, 0.1) is 18.4 Å². The number of fused-ring (bicyclic) bond motifs is 1. The fraction of sp³-hybridized carbons (Fsp3) is 0.118. The van der Waals surface area contributed by atoms with Gasteiger partial charge >= 0.3 is 5.97 Å². The first-order valence-corrected chi connectivity index (χ1v) is 6.65. The zero-order chi connectivity index (χ0) is 14.7. The third kappa shape index (κ3) is 2.89. The first kappa shape index (κ1) is 13.2. The molecule has 3 rings (SSSR count). The maximum atomic E-state index is 10.8. The number of furan rings is 1. The van der Waals surface area contributed by atoms with Gasteiger partial charge in [0.2, 0.25) is 0 Å². The van der Waals surface area contributed by atoms with E-state index in [9.17, 15) is 4.79 Å². The summed E-state index contributed by atoms with van der Waals surface area (Å²) in [6.45, 7) is 0.506. The lowest BCUT2D eigenvalue weighted by atomic mass is 10.1. The Morgan fingerprint density at radius 1 is 1.10 bits per heavy atom. The van der Waals surface area contributed by atoms with Crippen LogP contribution in [0.2, 0.25) is 0 Å². The van der Waals surface area contributed by atoms with Crippen LogP contribution in [0.15, 0.2) is 59.2 Å². The summed E-state index contributed by atoms with van der Waals surface area (Å²) in [5.41, 5.74) is 2.24. The van der Waals surface area contributed by atoms with Crippen molar-refractivity contribution in [3.8, 4) is 5.75 Å². The first-order valence-electron chi connectivity index (χ1n) is 6.65. The van der Waals surface area contributed by atoms with E-state index < -0.39 is 5.97 Å². The van der Waals surface area contributed by atoms with Gasteiger partial charge in [0.1, 0.15) is 11.3 Å². The Kier molecular flexibility index (Phi) is 3.60. The lowest BCUT2D eigenvalue weighted by Crippen LogP contribution is -2.02. The fourth-order valence-electron chi connectivity index (χ4n) is 2.22. The Hall–Kier alpha value is -2.75. The molecular formula is C17H14O4. The highest BCUT2D eigenvalue weighted by Crippen LogP contribution is 2.20. The van der Waals surface area contributed by atoms with Crippen molar-refractivity contribution in [3.63, 3.8) is 0 Å². The summed E-state index contributed by atoms with van der Waals surface area (Å²) >= 11 is 0. The highest BCUT2D eigenvalue weighted by atomic mass is 16.5. The standard InChI is InChI=1S/C17H14O4/c18-17(19)14-4-6-15(7-5-14)20-10-8-12-2-1-3-13-9-11-21-16(12)13/h1-7,9,11H,8,10H2,(H,18,19). The van der Waals surface area contributed by atoms with E-state index in [1.807, 2.05) is 24.3 Å². The lowest BCUT2D eigenvalue weighted by molar-refractivity contribution is 0.0697. The fourth-order valence-corrected chi connectivity index (χ4v) is 2.22. The van der Waals surface area contributed by atoms with E-state index in [0.717, 1.165) is 23.0 Å². The van der Waals surface area contributed by atoms with Crippen LogP contribution in [0, 0.1) is 0 Å². The smallest absolute Gasteiger partial charge is 0.335 e. The van der Waals surface area contributed by atoms with E-state index in [1.54, 1.807) is 18.4 Å². The molecule has 3 aromatic rings. The van der Waals surface area contributed by atoms with Crippen molar-refractivity contribution in [1.29, 1.82) is 0 Å². The molecule has 0 atom stereocenters. The normalized spacial score (nSPS) is 10.7. The van der Waals surface area contributed by atoms with E-state index in [4.69, 9.17) is 14.3 Å². The highest BCUT2D eigenvalue weighted by Gasteiger charge is 2.05. The molecule has 0 aliphatic heterocycles. The van der Waals surface area contributed by atoms with Crippen molar-refractivity contribution in [3.05, 3.63) is 65.9 Å². The topological polar surface area (TPSA) is 59.7 Å². The number of ether oxygens (including phenoxy) is 1. The number of carboxylic acid groups (broad SMARTS) is 1. The van der Waals surface area contributed by atoms with Crippen LogP contribution >= 0.6 is 0 Å². The minimum atomic E-state index is -0.939. The number of para-hydroxylation sites is 1. The molecule has 106 valence electrons. The minimum absolute atomic E-state index is 0.253. The van der Waals surface area contributed by atoms with E-state index in [0.29, 0.717) is 12.4 Å². The number of hydrogen-bond donors (Lipinski definition) is 1. The molecule has 0 aliphatic carbocycles. The second-order valence-electron chi connectivity index (χ2n) is 4.68. The summed E-state index contributed by atoms with van der Waals surface area (Å²) in [7, 11) is 0. The SMILES string of the molecule is O=C(O)c1ccc(OCCc2cccc3ccoc23)cc1. The van der Waals surface area contributed by atoms with E-state index in [2.05, 4.69) is 0 Å². The summed E-state index contributed by atoms with van der Waals surface area (Å²) in [5.74, 6) is -0.280. The molecule has 4 nitrogen and oxygen atoms in total. The molecule has 0 fully saturated rings. The molecule has 0 saturated carbocycles. The Bertz CT molecular complexity index is 756. The molecule has 0 saturated heterocycles. The average Bonchev–Trinajstić information content (AvgIpc) is 2.97. The monoisotopic (exact) mass is 282 g/mol. The van der Waals surface area contributed by atoms with Gasteiger partial charge in [-0.25, -0.2) is 4.79 Å². The van der Waals surface area contributed by atoms with Gasteiger partial charge in [-0.3, -0.25) is 0 Å². The van der Waals surface area contributed by atoms with Crippen LogP contribution in [-0.2, 0) is 6.42 Å². The number of carbonyl (C=O) groups is 1. The number of aromatic carboxylic acids is 1. The zero-order valence-corrected chi connectivity index (χ0v) is 11.3. The van der Waals surface area contributed by atoms with Crippen LogP contribution in [0.3, 0.4) is 0 Å². The van der Waals surface area contributed by atoms with Crippen LogP contribution in [0.4, 0.5) is 0 Å². The van der Waals surface area contributed by atoms with Gasteiger partial charge in [0.25, 0.3) is 0 Å². The lowest BCUT2D eigenvalue weighted by Gasteiger charge is -2.07. The predicted octanol–water partition coefficient (Wildman–Crippen LogP) is 3.75. The van der Waals surface area contributed by atoms with Gasteiger partial charge in [-0.2, -0.15) is 0 Å². The maximum absolute atomic E-state index is 10.8. The van der Waals surface area contributed by atoms with Gasteiger partial charge < -0.3 is 14.3 Å². The quantitative estimate of drug-likeness (QED) is 0.774. The van der Waals surface area contributed by atoms with E-state index in [1.165, 1.54) is 12.1 Å². The third-order valence-electron chi connectivity index (χ3n) is 3.30. The van der Waals surface area contributed by atoms with Crippen LogP contribution < -0.4 is 4.74 Å². The molecule has 0 amide bonds. The van der Waals surface area contributed by atoms with Gasteiger partial charge in [0, 0.05) is 11.8 Å². The Balaban J connectivity index is 1.63. The summed E-state index contributed by atoms with van der Waals surface area (Å²) in [6.07, 6.45) is 2.41. The van der Waals surface area contributed by atoms with Crippen molar-refractivity contribution < 1.29 is 19.1 Å². The zero-order valence-electron chi connectivity index (χ0n) is 11.3. The van der Waals surface area contributed by atoms with Crippen molar-refractivity contribution in [1.82, 2.24) is 0 Å². The molecule has 2 aromatic carbocycles. The van der Waals surface area contributed by atoms with Gasteiger partial charge in [0.15, 0.2) is 0 Å². The molecule has 0 unspecified atom stereocenters. The molecule has 21 heavy (non-hydrogen) atoms. The molecule has 4 heteroatoms. The molecule has 0 bridgehead atoms. The summed E-state index contributed by atoms with van der Waals surface area (Å²) in [6, 6.07) is 14.3. The van der Waals surface area contributed by atoms with Crippen LogP contribution in [-0.4, -0.2) is 17.7 Å². The average molecular weight is 282 g/mol. The van der Waals surface area contributed by atoms with Gasteiger partial charge in [-0.05, 0) is 35.9 Å². The Morgan fingerprint density at radius 2 is 1.90 bits per heavy atom. The molecule has 1 N–H and O–H groups in total. The van der Waals surface area contributed by atoms with Crippen molar-refractivity contribution in [2.75, 3.05) is 6.61 Å². The molecular weight excluding hydrogens is 268 g/mol. The van der Waals surface area contributed by atoms with Crippen LogP contribution in [0.5, 0.6) is 5.75 Å². The van der Waals surface area contributed by atoms with Crippen molar-refractivity contribution in [2.45, 2.75) is 6.42 Å². The summed E-state index contributed by atoms with van der Waals surface area (Å²) in [5, 5.41) is 9.91. The van der Waals surface area contributed by atoms with Crippen LogP contribution in [0.25, 0.3) is 11.0 Å². The number of hydrogen-bond acceptors (Lipinski definition) is 3. The third-order valence-corrected chi connectivity index (χ3v) is 3.30. The largest absolute Gasteiger partial charge is 0.493 e. The van der Waals surface area contributed by atoms with Crippen molar-refractivity contribution >= 4 is 16.9 Å². The summed E-state index contributed by atoms with van der Waals surface area (Å²) in [4.78, 5) is 10.8. The molecule has 0 spiro atoms. The molecule has 1 heterocycles. The second-order valence-corrected chi connectivity index (χ2v) is 4.68.